The maximum Gasteiger partial charge on any atom is 0.252 e. The molecule has 1 amide bonds. The molecule has 1 aromatic carbocycles. The number of carbonyl (C=O) groups excluding carboxylic acids is 1. The van der Waals surface area contributed by atoms with Crippen molar-refractivity contribution < 1.29 is 13.2 Å². The Hall–Kier alpha value is -1.90. The quantitative estimate of drug-likeness (QED) is 0.818. The highest BCUT2D eigenvalue weighted by Gasteiger charge is 2.30. The van der Waals surface area contributed by atoms with Crippen LogP contribution in [-0.2, 0) is 21.2 Å². The second-order valence-electron chi connectivity index (χ2n) is 6.27. The summed E-state index contributed by atoms with van der Waals surface area (Å²) >= 11 is 1.25. The third-order valence-electron chi connectivity index (χ3n) is 4.83. The number of carbonyl (C=O) groups is 1. The molecule has 4 rings (SSSR count). The second-order valence-corrected chi connectivity index (χ2v) is 9.38. The van der Waals surface area contributed by atoms with Gasteiger partial charge in [-0.1, -0.05) is 6.07 Å². The number of rotatable bonds is 3. The van der Waals surface area contributed by atoms with E-state index in [0.717, 1.165) is 16.9 Å². The minimum Gasteiger partial charge on any atom is -0.369 e. The standard InChI is InChI=1S/C17H19N3O3S2/c1-18-15-5-4-14(11-13(15)12-16(18)21)19-6-8-20(9-7-19)25(22,23)17-3-2-10-24-17/h2-5,10-11H,6-9,12H2,1H3. The van der Waals surface area contributed by atoms with Crippen LogP contribution in [0.25, 0.3) is 0 Å². The van der Waals surface area contributed by atoms with Crippen molar-refractivity contribution in [3.8, 4) is 0 Å². The molecule has 0 atom stereocenters. The summed E-state index contributed by atoms with van der Waals surface area (Å²) in [5, 5.41) is 1.78. The maximum absolute atomic E-state index is 12.6. The molecule has 8 heteroatoms. The fourth-order valence-electron chi connectivity index (χ4n) is 3.38. The summed E-state index contributed by atoms with van der Waals surface area (Å²) in [6, 6.07) is 9.46. The lowest BCUT2D eigenvalue weighted by molar-refractivity contribution is -0.117. The maximum atomic E-state index is 12.6. The van der Waals surface area contributed by atoms with Gasteiger partial charge in [0.15, 0.2) is 0 Å². The van der Waals surface area contributed by atoms with Crippen molar-refractivity contribution in [2.45, 2.75) is 10.6 Å². The minimum atomic E-state index is -3.37. The van der Waals surface area contributed by atoms with Gasteiger partial charge in [-0.3, -0.25) is 4.79 Å². The molecule has 6 nitrogen and oxygen atoms in total. The van der Waals surface area contributed by atoms with E-state index in [0.29, 0.717) is 36.8 Å². The van der Waals surface area contributed by atoms with Crippen molar-refractivity contribution in [2.75, 3.05) is 43.0 Å². The molecule has 25 heavy (non-hydrogen) atoms. The molecule has 3 heterocycles. The Bertz CT molecular complexity index is 901. The molecule has 0 bridgehead atoms. The predicted octanol–water partition coefficient (Wildman–Crippen LogP) is 1.78. The molecule has 2 aliphatic heterocycles. The SMILES string of the molecule is CN1C(=O)Cc2cc(N3CCN(S(=O)(=O)c4cccs4)CC3)ccc21. The predicted molar refractivity (Wildman–Crippen MR) is 98.8 cm³/mol. The first-order valence-electron chi connectivity index (χ1n) is 8.15. The van der Waals surface area contributed by atoms with Crippen LogP contribution in [0.5, 0.6) is 0 Å². The normalized spacial score (nSPS) is 18.7. The van der Waals surface area contributed by atoms with E-state index in [1.54, 1.807) is 33.8 Å². The number of amides is 1. The van der Waals surface area contributed by atoms with Crippen LogP contribution in [0.1, 0.15) is 5.56 Å². The molecule has 0 unspecified atom stereocenters. The van der Waals surface area contributed by atoms with Crippen molar-refractivity contribution in [3.05, 3.63) is 41.3 Å². The summed E-state index contributed by atoms with van der Waals surface area (Å²) in [6.07, 6.45) is 0.437. The van der Waals surface area contributed by atoms with Crippen LogP contribution in [0.15, 0.2) is 39.9 Å². The number of benzene rings is 1. The molecule has 2 aromatic rings. The summed E-state index contributed by atoms with van der Waals surface area (Å²) in [6.45, 7) is 2.23. The molecule has 1 aromatic heterocycles. The monoisotopic (exact) mass is 377 g/mol. The van der Waals surface area contributed by atoms with Crippen LogP contribution in [0, 0.1) is 0 Å². The number of piperazine rings is 1. The number of nitrogens with zero attached hydrogens (tertiary/aromatic N) is 3. The zero-order chi connectivity index (χ0) is 17.6. The molecular formula is C17H19N3O3S2. The molecule has 2 aliphatic rings. The minimum absolute atomic E-state index is 0.110. The Balaban J connectivity index is 1.48. The Morgan fingerprint density at radius 3 is 2.52 bits per heavy atom. The summed E-state index contributed by atoms with van der Waals surface area (Å²) in [7, 11) is -1.58. The first-order valence-corrected chi connectivity index (χ1v) is 10.5. The highest BCUT2D eigenvalue weighted by molar-refractivity contribution is 7.91. The second kappa shape index (κ2) is 6.12. The van der Waals surface area contributed by atoms with E-state index in [2.05, 4.69) is 11.0 Å². The number of anilines is 2. The molecule has 0 N–H and O–H groups in total. The zero-order valence-electron chi connectivity index (χ0n) is 13.9. The number of sulfonamides is 1. The number of fused-ring (bicyclic) bond motifs is 1. The van der Waals surface area contributed by atoms with Gasteiger partial charge in [-0.05, 0) is 35.2 Å². The average Bonchev–Trinajstić information content (AvgIpc) is 3.25. The van der Waals surface area contributed by atoms with Gasteiger partial charge in [0.25, 0.3) is 10.0 Å². The van der Waals surface area contributed by atoms with Crippen molar-refractivity contribution in [2.24, 2.45) is 0 Å². The van der Waals surface area contributed by atoms with Gasteiger partial charge < -0.3 is 9.80 Å². The fraction of sp³-hybridized carbons (Fsp3) is 0.353. The summed E-state index contributed by atoms with van der Waals surface area (Å²) in [5.74, 6) is 0.110. The highest BCUT2D eigenvalue weighted by Crippen LogP contribution is 2.32. The number of hydrogen-bond donors (Lipinski definition) is 0. The molecule has 0 radical (unpaired) electrons. The lowest BCUT2D eigenvalue weighted by atomic mass is 10.1. The summed E-state index contributed by atoms with van der Waals surface area (Å²) < 4.78 is 27.1. The Morgan fingerprint density at radius 2 is 1.84 bits per heavy atom. The van der Waals surface area contributed by atoms with E-state index in [1.165, 1.54) is 11.3 Å². The largest absolute Gasteiger partial charge is 0.369 e. The zero-order valence-corrected chi connectivity index (χ0v) is 15.5. The van der Waals surface area contributed by atoms with Crippen molar-refractivity contribution in [1.29, 1.82) is 0 Å². The molecule has 0 aliphatic carbocycles. The number of likely N-dealkylation sites (N-methyl/N-ethyl adjacent to an activating group) is 1. The van der Waals surface area contributed by atoms with Gasteiger partial charge in [0.2, 0.25) is 5.91 Å². The van der Waals surface area contributed by atoms with Gasteiger partial charge in [-0.25, -0.2) is 8.42 Å². The third kappa shape index (κ3) is 2.84. The lowest BCUT2D eigenvalue weighted by Gasteiger charge is -2.35. The van der Waals surface area contributed by atoms with Crippen LogP contribution in [0.2, 0.25) is 0 Å². The van der Waals surface area contributed by atoms with Gasteiger partial charge in [0, 0.05) is 44.6 Å². The van der Waals surface area contributed by atoms with E-state index >= 15 is 0 Å². The lowest BCUT2D eigenvalue weighted by Crippen LogP contribution is -2.48. The van der Waals surface area contributed by atoms with E-state index in [9.17, 15) is 13.2 Å². The molecule has 132 valence electrons. The number of hydrogen-bond acceptors (Lipinski definition) is 5. The van der Waals surface area contributed by atoms with E-state index in [4.69, 9.17) is 0 Å². The fourth-order valence-corrected chi connectivity index (χ4v) is 5.94. The Labute approximate surface area is 151 Å². The Kier molecular flexibility index (Phi) is 4.05. The van der Waals surface area contributed by atoms with E-state index in [1.807, 2.05) is 12.1 Å². The van der Waals surface area contributed by atoms with Crippen molar-refractivity contribution in [3.63, 3.8) is 0 Å². The Morgan fingerprint density at radius 1 is 1.08 bits per heavy atom. The van der Waals surface area contributed by atoms with Crippen LogP contribution in [0.4, 0.5) is 11.4 Å². The van der Waals surface area contributed by atoms with Gasteiger partial charge >= 0.3 is 0 Å². The van der Waals surface area contributed by atoms with Crippen LogP contribution in [0.3, 0.4) is 0 Å². The van der Waals surface area contributed by atoms with Crippen LogP contribution in [-0.4, -0.2) is 51.9 Å². The average molecular weight is 377 g/mol. The number of thiophene rings is 1. The third-order valence-corrected chi connectivity index (χ3v) is 8.10. The molecule has 0 saturated carbocycles. The van der Waals surface area contributed by atoms with Gasteiger partial charge in [-0.2, -0.15) is 4.31 Å². The summed E-state index contributed by atoms with van der Waals surface area (Å²) in [4.78, 5) is 15.7. The topological polar surface area (TPSA) is 60.9 Å². The molecule has 0 spiro atoms. The molecule has 1 saturated heterocycles. The van der Waals surface area contributed by atoms with Gasteiger partial charge in [0.05, 0.1) is 6.42 Å². The van der Waals surface area contributed by atoms with Crippen molar-refractivity contribution in [1.82, 2.24) is 4.31 Å². The summed E-state index contributed by atoms with van der Waals surface area (Å²) in [5.41, 5.74) is 3.06. The first-order chi connectivity index (χ1) is 12.0. The smallest absolute Gasteiger partial charge is 0.252 e. The van der Waals surface area contributed by atoms with Gasteiger partial charge in [-0.15, -0.1) is 11.3 Å². The molecular weight excluding hydrogens is 358 g/mol. The van der Waals surface area contributed by atoms with Crippen LogP contribution < -0.4 is 9.80 Å². The van der Waals surface area contributed by atoms with E-state index in [-0.39, 0.29) is 5.91 Å². The van der Waals surface area contributed by atoms with E-state index < -0.39 is 10.0 Å². The molecule has 1 fully saturated rings. The van der Waals surface area contributed by atoms with Crippen LogP contribution >= 0.6 is 11.3 Å². The van der Waals surface area contributed by atoms with Gasteiger partial charge in [0.1, 0.15) is 4.21 Å². The first kappa shape index (κ1) is 16.6. The van der Waals surface area contributed by atoms with Crippen molar-refractivity contribution >= 4 is 38.6 Å². The highest BCUT2D eigenvalue weighted by atomic mass is 32.2.